The summed E-state index contributed by atoms with van der Waals surface area (Å²) in [4.78, 5) is 40.3. The number of esters is 1. The lowest BCUT2D eigenvalue weighted by atomic mass is 10.2. The van der Waals surface area contributed by atoms with E-state index in [4.69, 9.17) is 9.15 Å². The van der Waals surface area contributed by atoms with Crippen LogP contribution in [0, 0.1) is 0 Å². The van der Waals surface area contributed by atoms with Crippen molar-refractivity contribution < 1.29 is 23.5 Å². The molecule has 0 spiro atoms. The zero-order valence-electron chi connectivity index (χ0n) is 14.5. The highest BCUT2D eigenvalue weighted by Crippen LogP contribution is 2.16. The van der Waals surface area contributed by atoms with Gasteiger partial charge in [0.1, 0.15) is 11.8 Å². The van der Waals surface area contributed by atoms with Gasteiger partial charge < -0.3 is 14.5 Å². The molecule has 1 atom stereocenters. The van der Waals surface area contributed by atoms with E-state index in [1.165, 1.54) is 11.3 Å². The topological polar surface area (TPSA) is 113 Å². The first-order valence-corrected chi connectivity index (χ1v) is 8.24. The van der Waals surface area contributed by atoms with E-state index in [0.29, 0.717) is 11.4 Å². The number of rotatable bonds is 6. The maximum Gasteiger partial charge on any atom is 0.375 e. The zero-order valence-corrected chi connectivity index (χ0v) is 14.5. The van der Waals surface area contributed by atoms with Crippen LogP contribution in [0.2, 0.25) is 0 Å². The number of para-hydroxylation sites is 1. The first-order valence-electron chi connectivity index (χ1n) is 8.24. The third kappa shape index (κ3) is 4.51. The van der Waals surface area contributed by atoms with E-state index in [1.807, 2.05) is 6.07 Å². The van der Waals surface area contributed by atoms with Gasteiger partial charge in [-0.2, -0.15) is 0 Å². The second kappa shape index (κ2) is 8.17. The summed E-state index contributed by atoms with van der Waals surface area (Å²) in [6.07, 6.45) is 1.50. The van der Waals surface area contributed by atoms with Gasteiger partial charge in [-0.1, -0.05) is 18.2 Å². The zero-order chi connectivity index (χ0) is 19.2. The van der Waals surface area contributed by atoms with Gasteiger partial charge in [0.2, 0.25) is 5.84 Å². The van der Waals surface area contributed by atoms with E-state index in [1.54, 1.807) is 43.3 Å². The second-order valence-corrected chi connectivity index (χ2v) is 5.71. The summed E-state index contributed by atoms with van der Waals surface area (Å²) in [5.41, 5.74) is 3.20. The number of carbonyl (C=O) groups excluding carboxylic acids is 3. The Labute approximate surface area is 155 Å². The van der Waals surface area contributed by atoms with Crippen molar-refractivity contribution in [3.63, 3.8) is 0 Å². The Morgan fingerprint density at radius 2 is 2.04 bits per heavy atom. The van der Waals surface area contributed by atoms with Crippen molar-refractivity contribution in [3.8, 4) is 0 Å². The summed E-state index contributed by atoms with van der Waals surface area (Å²) < 4.78 is 10.1. The molecule has 0 saturated heterocycles. The van der Waals surface area contributed by atoms with Gasteiger partial charge in [-0.3, -0.25) is 15.0 Å². The smallest absolute Gasteiger partial charge is 0.375 e. The average Bonchev–Trinajstić information content (AvgIpc) is 3.20. The standard InChI is InChI=1S/C18H18N4O5/c1-12-17(24)22(13-6-3-2-4-7-13)21-16(20-12)18(25)27-11-15(23)19-10-14-8-5-9-26-14/h2-9,12H,10-11H2,1H3,(H,19,23)(H,20,21)/t12-/m0/s1. The number of furan rings is 1. The third-order valence-corrected chi connectivity index (χ3v) is 3.70. The minimum absolute atomic E-state index is 0.148. The summed E-state index contributed by atoms with van der Waals surface area (Å²) in [5, 5.41) is 3.79. The summed E-state index contributed by atoms with van der Waals surface area (Å²) in [6.45, 7) is 1.28. The largest absolute Gasteiger partial charge is 0.467 e. The Bertz CT molecular complexity index is 848. The van der Waals surface area contributed by atoms with Gasteiger partial charge in [0.25, 0.3) is 11.8 Å². The summed E-state index contributed by atoms with van der Waals surface area (Å²) in [6, 6.07) is 11.4. The molecule has 2 heterocycles. The van der Waals surface area contributed by atoms with Crippen LogP contribution in [0.5, 0.6) is 0 Å². The number of amidine groups is 1. The van der Waals surface area contributed by atoms with Crippen LogP contribution in [0.4, 0.5) is 5.69 Å². The number of hydrazine groups is 1. The van der Waals surface area contributed by atoms with E-state index in [9.17, 15) is 14.4 Å². The number of nitrogens with one attached hydrogen (secondary N) is 2. The molecular formula is C18H18N4O5. The van der Waals surface area contributed by atoms with Crippen LogP contribution in [0.3, 0.4) is 0 Å². The maximum atomic E-state index is 12.3. The number of hydrogen-bond acceptors (Lipinski definition) is 7. The molecule has 140 valence electrons. The number of amides is 2. The van der Waals surface area contributed by atoms with Crippen LogP contribution in [-0.4, -0.2) is 36.3 Å². The molecule has 0 unspecified atom stereocenters. The highest BCUT2D eigenvalue weighted by Gasteiger charge is 2.31. The van der Waals surface area contributed by atoms with Crippen molar-refractivity contribution in [3.05, 3.63) is 54.5 Å². The fourth-order valence-electron chi connectivity index (χ4n) is 2.34. The van der Waals surface area contributed by atoms with Gasteiger partial charge in [-0.15, -0.1) is 0 Å². The molecule has 3 rings (SSSR count). The first-order chi connectivity index (χ1) is 13.0. The molecule has 1 aliphatic rings. The first kappa shape index (κ1) is 18.2. The van der Waals surface area contributed by atoms with Crippen LogP contribution >= 0.6 is 0 Å². The normalized spacial score (nSPS) is 16.3. The molecule has 1 aliphatic heterocycles. The third-order valence-electron chi connectivity index (χ3n) is 3.70. The van der Waals surface area contributed by atoms with E-state index in [2.05, 4.69) is 15.7 Å². The fourth-order valence-corrected chi connectivity index (χ4v) is 2.34. The maximum absolute atomic E-state index is 12.3. The van der Waals surface area contributed by atoms with Crippen molar-refractivity contribution in [1.29, 1.82) is 0 Å². The number of carbonyl (C=O) groups is 3. The second-order valence-electron chi connectivity index (χ2n) is 5.71. The minimum atomic E-state index is -0.830. The SMILES string of the molecule is C[C@@H]1N=C(C(=O)OCC(=O)NCc2ccco2)NN(c2ccccc2)C1=O. The van der Waals surface area contributed by atoms with Crippen LogP contribution in [0.15, 0.2) is 58.1 Å². The van der Waals surface area contributed by atoms with Gasteiger partial charge in [-0.05, 0) is 31.2 Å². The molecule has 1 aromatic carbocycles. The van der Waals surface area contributed by atoms with E-state index in [-0.39, 0.29) is 18.3 Å². The van der Waals surface area contributed by atoms with E-state index >= 15 is 0 Å². The molecule has 0 bridgehead atoms. The summed E-state index contributed by atoms with van der Waals surface area (Å²) in [5.74, 6) is -1.19. The minimum Gasteiger partial charge on any atom is -0.467 e. The van der Waals surface area contributed by atoms with Crippen LogP contribution in [0.1, 0.15) is 12.7 Å². The molecule has 9 heteroatoms. The highest BCUT2D eigenvalue weighted by molar-refractivity contribution is 6.37. The highest BCUT2D eigenvalue weighted by atomic mass is 16.5. The predicted octanol–water partition coefficient (Wildman–Crippen LogP) is 0.777. The van der Waals surface area contributed by atoms with Crippen LogP contribution in [-0.2, 0) is 25.7 Å². The molecular weight excluding hydrogens is 352 g/mol. The molecule has 9 nitrogen and oxygen atoms in total. The van der Waals surface area contributed by atoms with Crippen LogP contribution in [0.25, 0.3) is 0 Å². The van der Waals surface area contributed by atoms with Crippen molar-refractivity contribution in [2.75, 3.05) is 11.6 Å². The molecule has 27 heavy (non-hydrogen) atoms. The number of aliphatic imine (C=N–C) groups is 1. The molecule has 0 saturated carbocycles. The molecule has 2 aromatic rings. The molecule has 0 radical (unpaired) electrons. The summed E-state index contributed by atoms with van der Waals surface area (Å²) in [7, 11) is 0. The Morgan fingerprint density at radius 1 is 1.26 bits per heavy atom. The molecule has 0 aliphatic carbocycles. The number of ether oxygens (including phenoxy) is 1. The van der Waals surface area contributed by atoms with Gasteiger partial charge in [0.15, 0.2) is 6.61 Å². The number of nitrogens with zero attached hydrogens (tertiary/aromatic N) is 2. The number of hydrogen-bond donors (Lipinski definition) is 2. The Hall–Kier alpha value is -3.62. The number of benzene rings is 1. The molecule has 2 amide bonds. The van der Waals surface area contributed by atoms with Crippen LogP contribution < -0.4 is 15.8 Å². The van der Waals surface area contributed by atoms with E-state index < -0.39 is 24.5 Å². The fraction of sp³-hybridized carbons (Fsp3) is 0.222. The Kier molecular flexibility index (Phi) is 5.50. The van der Waals surface area contributed by atoms with Crippen molar-refractivity contribution in [2.24, 2.45) is 4.99 Å². The monoisotopic (exact) mass is 370 g/mol. The lowest BCUT2D eigenvalue weighted by Crippen LogP contribution is -2.56. The Morgan fingerprint density at radius 3 is 2.74 bits per heavy atom. The van der Waals surface area contributed by atoms with Gasteiger partial charge in [-0.25, -0.2) is 14.8 Å². The lowest BCUT2D eigenvalue weighted by molar-refractivity contribution is -0.142. The molecule has 1 aromatic heterocycles. The summed E-state index contributed by atoms with van der Waals surface area (Å²) >= 11 is 0. The lowest BCUT2D eigenvalue weighted by Gasteiger charge is -2.30. The van der Waals surface area contributed by atoms with Crippen molar-refractivity contribution in [1.82, 2.24) is 10.7 Å². The van der Waals surface area contributed by atoms with Crippen molar-refractivity contribution >= 4 is 29.3 Å². The van der Waals surface area contributed by atoms with Gasteiger partial charge >= 0.3 is 5.97 Å². The van der Waals surface area contributed by atoms with E-state index in [0.717, 1.165) is 0 Å². The molecule has 0 fully saturated rings. The van der Waals surface area contributed by atoms with Crippen molar-refractivity contribution in [2.45, 2.75) is 19.5 Å². The Balaban J connectivity index is 1.56. The van der Waals surface area contributed by atoms with Gasteiger partial charge in [0, 0.05) is 0 Å². The number of anilines is 1. The predicted molar refractivity (Wildman–Crippen MR) is 95.5 cm³/mol. The average molecular weight is 370 g/mol. The molecule has 2 N–H and O–H groups in total. The van der Waals surface area contributed by atoms with Gasteiger partial charge in [0.05, 0.1) is 18.5 Å². The quantitative estimate of drug-likeness (QED) is 0.727.